The Hall–Kier alpha value is -1.21. The minimum atomic E-state index is -0.577. The van der Waals surface area contributed by atoms with E-state index in [9.17, 15) is 4.79 Å². The van der Waals surface area contributed by atoms with E-state index in [0.29, 0.717) is 5.92 Å². The summed E-state index contributed by atoms with van der Waals surface area (Å²) in [5, 5.41) is 0. The molecular formula is C24H40Cl2N2O4. The number of nitrogens with two attached hydrogens (primary N) is 1. The highest BCUT2D eigenvalue weighted by Crippen LogP contribution is 2.49. The maximum Gasteiger partial charge on any atom is 0.323 e. The lowest BCUT2D eigenvalue weighted by atomic mass is 9.70. The molecule has 0 bridgehead atoms. The second kappa shape index (κ2) is 11.8. The number of benzene rings is 1. The van der Waals surface area contributed by atoms with Crippen LogP contribution in [0.4, 0.5) is 0 Å². The fourth-order valence-electron chi connectivity index (χ4n) is 5.16. The van der Waals surface area contributed by atoms with Crippen LogP contribution in [0, 0.1) is 11.8 Å². The van der Waals surface area contributed by atoms with E-state index in [1.165, 1.54) is 11.1 Å². The molecule has 2 N–H and O–H groups in total. The molecule has 1 aromatic rings. The number of hydrogen-bond donors (Lipinski definition) is 1. The van der Waals surface area contributed by atoms with Crippen molar-refractivity contribution < 1.29 is 19.0 Å². The van der Waals surface area contributed by atoms with Crippen molar-refractivity contribution in [3.8, 4) is 11.5 Å². The lowest BCUT2D eigenvalue weighted by Gasteiger charge is -2.54. The van der Waals surface area contributed by atoms with Gasteiger partial charge in [0.25, 0.3) is 0 Å². The van der Waals surface area contributed by atoms with E-state index >= 15 is 0 Å². The summed E-state index contributed by atoms with van der Waals surface area (Å²) in [5.74, 6) is 1.80. The highest BCUT2D eigenvalue weighted by atomic mass is 35.5. The highest BCUT2D eigenvalue weighted by molar-refractivity contribution is 5.85. The van der Waals surface area contributed by atoms with Crippen molar-refractivity contribution in [2.75, 3.05) is 27.3 Å². The zero-order valence-electron chi connectivity index (χ0n) is 20.2. The van der Waals surface area contributed by atoms with Crippen molar-refractivity contribution in [1.29, 1.82) is 0 Å². The van der Waals surface area contributed by atoms with Gasteiger partial charge >= 0.3 is 5.97 Å². The Balaban J connectivity index is 0.00000256. The van der Waals surface area contributed by atoms with E-state index < -0.39 is 6.04 Å². The number of hydrogen-bond acceptors (Lipinski definition) is 6. The summed E-state index contributed by atoms with van der Waals surface area (Å²) in [6.45, 7) is 10.3. The minimum absolute atomic E-state index is 0. The predicted molar refractivity (Wildman–Crippen MR) is 132 cm³/mol. The molecule has 6 nitrogen and oxygen atoms in total. The molecule has 8 heteroatoms. The number of rotatable bonds is 7. The van der Waals surface area contributed by atoms with E-state index in [2.05, 4.69) is 30.9 Å². The number of piperidine rings is 1. The molecule has 3 atom stereocenters. The molecule has 0 radical (unpaired) electrons. The maximum absolute atomic E-state index is 12.6. The molecule has 2 aliphatic rings. The van der Waals surface area contributed by atoms with Gasteiger partial charge < -0.3 is 19.9 Å². The van der Waals surface area contributed by atoms with Crippen LogP contribution in [0.1, 0.15) is 58.1 Å². The highest BCUT2D eigenvalue weighted by Gasteiger charge is 2.48. The first-order valence-corrected chi connectivity index (χ1v) is 11.2. The lowest BCUT2D eigenvalue weighted by Crippen LogP contribution is -2.57. The van der Waals surface area contributed by atoms with Gasteiger partial charge in [0, 0.05) is 19.5 Å². The second-order valence-corrected chi connectivity index (χ2v) is 9.55. The molecule has 0 aromatic heterocycles. The fourth-order valence-corrected chi connectivity index (χ4v) is 5.16. The van der Waals surface area contributed by atoms with Crippen LogP contribution < -0.4 is 15.2 Å². The average Bonchev–Trinajstić information content (AvgIpc) is 2.71. The van der Waals surface area contributed by atoms with E-state index in [1.54, 1.807) is 14.2 Å². The molecule has 2 heterocycles. The molecule has 3 rings (SSSR count). The third-order valence-electron chi connectivity index (χ3n) is 6.67. The van der Waals surface area contributed by atoms with Crippen molar-refractivity contribution in [2.24, 2.45) is 17.6 Å². The molecular weight excluding hydrogens is 451 g/mol. The Bertz CT molecular complexity index is 775. The molecule has 0 saturated carbocycles. The zero-order chi connectivity index (χ0) is 22.1. The van der Waals surface area contributed by atoms with Gasteiger partial charge in [0.15, 0.2) is 11.5 Å². The van der Waals surface area contributed by atoms with Gasteiger partial charge in [0.05, 0.1) is 19.8 Å². The van der Waals surface area contributed by atoms with Gasteiger partial charge in [-0.2, -0.15) is 0 Å². The molecule has 1 fully saturated rings. The number of carbonyl (C=O) groups excluding carboxylic acids is 1. The minimum Gasteiger partial charge on any atom is -0.493 e. The Labute approximate surface area is 205 Å². The Kier molecular flexibility index (Phi) is 10.6. The predicted octanol–water partition coefficient (Wildman–Crippen LogP) is 4.34. The van der Waals surface area contributed by atoms with Crippen LogP contribution in [0.15, 0.2) is 12.1 Å². The van der Waals surface area contributed by atoms with Gasteiger partial charge in [0.1, 0.15) is 12.1 Å². The van der Waals surface area contributed by atoms with E-state index in [1.807, 2.05) is 13.8 Å². The first-order valence-electron chi connectivity index (χ1n) is 11.2. The van der Waals surface area contributed by atoms with E-state index in [0.717, 1.165) is 50.3 Å². The number of ether oxygens (including phenoxy) is 3. The van der Waals surface area contributed by atoms with Crippen molar-refractivity contribution in [2.45, 2.75) is 71.1 Å². The normalized spacial score (nSPS) is 23.3. The largest absolute Gasteiger partial charge is 0.493 e. The third-order valence-corrected chi connectivity index (χ3v) is 6.67. The summed E-state index contributed by atoms with van der Waals surface area (Å²) >= 11 is 0. The summed E-state index contributed by atoms with van der Waals surface area (Å²) < 4.78 is 17.1. The Morgan fingerprint density at radius 2 is 1.75 bits per heavy atom. The van der Waals surface area contributed by atoms with Gasteiger partial charge in [-0.3, -0.25) is 9.69 Å². The van der Waals surface area contributed by atoms with E-state index in [4.69, 9.17) is 19.9 Å². The number of fused-ring (bicyclic) bond motifs is 3. The van der Waals surface area contributed by atoms with Gasteiger partial charge in [-0.1, -0.05) is 27.7 Å². The summed E-state index contributed by atoms with van der Waals surface area (Å²) in [7, 11) is 3.36. The Morgan fingerprint density at radius 3 is 2.31 bits per heavy atom. The second-order valence-electron chi connectivity index (χ2n) is 9.55. The van der Waals surface area contributed by atoms with Crippen LogP contribution in [0.5, 0.6) is 11.5 Å². The van der Waals surface area contributed by atoms with Gasteiger partial charge in [-0.25, -0.2) is 0 Å². The van der Waals surface area contributed by atoms with Crippen molar-refractivity contribution >= 4 is 30.8 Å². The summed E-state index contributed by atoms with van der Waals surface area (Å²) in [4.78, 5) is 15.2. The lowest BCUT2D eigenvalue weighted by molar-refractivity contribution is -0.158. The van der Waals surface area contributed by atoms with Crippen molar-refractivity contribution in [3.05, 3.63) is 23.3 Å². The monoisotopic (exact) mass is 490 g/mol. The first-order chi connectivity index (χ1) is 14.2. The van der Waals surface area contributed by atoms with Gasteiger partial charge in [-0.15, -0.1) is 24.8 Å². The average molecular weight is 492 g/mol. The molecule has 1 saturated heterocycles. The van der Waals surface area contributed by atoms with Crippen LogP contribution in [-0.2, 0) is 21.5 Å². The third kappa shape index (κ3) is 5.64. The number of halogens is 2. The van der Waals surface area contributed by atoms with Crippen LogP contribution in [-0.4, -0.2) is 50.3 Å². The molecule has 184 valence electrons. The SMILES string of the molecule is COc1cc2c(cc1OC)C1(CC(C)C)CC(OC(=O)C(N)C(C)C)CCN1CC2.Cl.Cl. The quantitative estimate of drug-likeness (QED) is 0.573. The first kappa shape index (κ1) is 28.8. The van der Waals surface area contributed by atoms with Gasteiger partial charge in [0.2, 0.25) is 0 Å². The maximum atomic E-state index is 12.6. The number of nitrogens with zero attached hydrogens (tertiary/aromatic N) is 1. The molecule has 2 aliphatic heterocycles. The topological polar surface area (TPSA) is 74.0 Å². The smallest absolute Gasteiger partial charge is 0.323 e. The molecule has 0 amide bonds. The van der Waals surface area contributed by atoms with Crippen LogP contribution in [0.25, 0.3) is 0 Å². The molecule has 3 unspecified atom stereocenters. The number of esters is 1. The molecule has 0 spiro atoms. The summed E-state index contributed by atoms with van der Waals surface area (Å²) in [5.41, 5.74) is 8.47. The number of methoxy groups -OCH3 is 2. The molecule has 0 aliphatic carbocycles. The van der Waals surface area contributed by atoms with Crippen LogP contribution in [0.2, 0.25) is 0 Å². The van der Waals surface area contributed by atoms with Crippen molar-refractivity contribution in [3.63, 3.8) is 0 Å². The molecule has 1 aromatic carbocycles. The summed E-state index contributed by atoms with van der Waals surface area (Å²) in [6.07, 6.45) is 3.48. The van der Waals surface area contributed by atoms with Crippen molar-refractivity contribution in [1.82, 2.24) is 4.90 Å². The standard InChI is InChI=1S/C24H38N2O4.2ClH/c1-15(2)13-24-14-18(30-23(27)22(25)16(3)4)8-10-26(24)9-7-17-11-20(28-5)21(29-6)12-19(17)24;;/h11-12,15-16,18,22H,7-10,13-14,25H2,1-6H3;2*1H. The zero-order valence-corrected chi connectivity index (χ0v) is 21.8. The molecule has 32 heavy (non-hydrogen) atoms. The van der Waals surface area contributed by atoms with Crippen LogP contribution in [0.3, 0.4) is 0 Å². The fraction of sp³-hybridized carbons (Fsp3) is 0.708. The van der Waals surface area contributed by atoms with E-state index in [-0.39, 0.29) is 48.3 Å². The number of carbonyl (C=O) groups is 1. The summed E-state index contributed by atoms with van der Waals surface area (Å²) in [6, 6.07) is 3.69. The van der Waals surface area contributed by atoms with Gasteiger partial charge in [-0.05, 0) is 54.4 Å². The Morgan fingerprint density at radius 1 is 1.12 bits per heavy atom. The van der Waals surface area contributed by atoms with Crippen LogP contribution >= 0.6 is 24.8 Å².